The highest BCUT2D eigenvalue weighted by atomic mass is 35.5. The quantitative estimate of drug-likeness (QED) is 0.303. The van der Waals surface area contributed by atoms with Gasteiger partial charge >= 0.3 is 0 Å². The molecule has 2 aromatic rings. The van der Waals surface area contributed by atoms with E-state index in [2.05, 4.69) is 33.4 Å². The average molecular weight is 751 g/mol. The number of nitriles is 1. The van der Waals surface area contributed by atoms with Gasteiger partial charge in [0.15, 0.2) is 0 Å². The molecule has 0 spiro atoms. The van der Waals surface area contributed by atoms with Crippen molar-refractivity contribution < 1.29 is 28.7 Å². The number of allylic oxidation sites excluding steroid dienone is 4. The first-order chi connectivity index (χ1) is 26.1. The number of rotatable bonds is 7. The van der Waals surface area contributed by atoms with Crippen molar-refractivity contribution in [3.05, 3.63) is 87.7 Å². The predicted octanol–water partition coefficient (Wildman–Crippen LogP) is 4.72. The number of alkyl halides is 1. The summed E-state index contributed by atoms with van der Waals surface area (Å²) in [7, 11) is 0. The fraction of sp³-hybridized carbons (Fsp3) is 0.463. The van der Waals surface area contributed by atoms with E-state index in [0.29, 0.717) is 47.8 Å². The summed E-state index contributed by atoms with van der Waals surface area (Å²) in [6, 6.07) is 13.1. The van der Waals surface area contributed by atoms with Crippen LogP contribution in [0.2, 0.25) is 0 Å². The molecule has 13 heteroatoms. The molecule has 1 saturated carbocycles. The molecule has 280 valence electrons. The molecule has 4 aliphatic heterocycles. The highest BCUT2D eigenvalue weighted by molar-refractivity contribution is 6.24. The van der Waals surface area contributed by atoms with Gasteiger partial charge in [-0.1, -0.05) is 6.92 Å². The minimum Gasteiger partial charge on any atom is -0.494 e. The topological polar surface area (TPSA) is 152 Å². The Morgan fingerprint density at radius 2 is 1.63 bits per heavy atom. The molecule has 2 saturated heterocycles. The summed E-state index contributed by atoms with van der Waals surface area (Å²) in [6.45, 7) is 5.28. The maximum absolute atomic E-state index is 13.3. The van der Waals surface area contributed by atoms with Crippen molar-refractivity contribution in [2.75, 3.05) is 18.0 Å². The molecule has 2 N–H and O–H groups in total. The molecule has 12 nitrogen and oxygen atoms in total. The second-order valence-electron chi connectivity index (χ2n) is 15.4. The zero-order valence-corrected chi connectivity index (χ0v) is 30.9. The van der Waals surface area contributed by atoms with Crippen LogP contribution in [0.1, 0.15) is 100 Å². The van der Waals surface area contributed by atoms with E-state index >= 15 is 0 Å². The van der Waals surface area contributed by atoms with E-state index in [1.807, 2.05) is 42.5 Å². The number of carbonyl (C=O) groups excluding carboxylic acids is 5. The van der Waals surface area contributed by atoms with Gasteiger partial charge < -0.3 is 15.0 Å². The number of halogens is 1. The highest BCUT2D eigenvalue weighted by Crippen LogP contribution is 2.36. The molecular formula is C41H43ClN6O6. The lowest BCUT2D eigenvalue weighted by atomic mass is 9.84. The number of nitrogens with zero attached hydrogens (tertiary/aromatic N) is 4. The van der Waals surface area contributed by atoms with Crippen molar-refractivity contribution in [1.82, 2.24) is 20.4 Å². The third kappa shape index (κ3) is 6.91. The van der Waals surface area contributed by atoms with Gasteiger partial charge in [0.1, 0.15) is 12.1 Å². The summed E-state index contributed by atoms with van der Waals surface area (Å²) in [5.74, 6) is -0.946. The van der Waals surface area contributed by atoms with Crippen LogP contribution in [-0.2, 0) is 27.4 Å². The standard InChI is InChI=1S/C41H43ClN6O6/c1-23-16-28(5-10-36(23)54-31-8-4-25(20-43)34(42)19-31)44-38(50)24-2-6-29(7-3-24)46-14-12-30(13-15-46)47-21-26-17-32-33(18-27(26)22-47)41(53)48(40(32)52)35-9-11-37(49)45-39(35)51/h2-4,6-8,17-18,23,28,30,34-36H,5,9-16,19,21-22H2,1H3,(H,44,50)(H,45,49,51)/t23-,28+,34?,35?,36+/m0/s1. The largest absolute Gasteiger partial charge is 0.494 e. The van der Waals surface area contributed by atoms with Crippen LogP contribution in [0.4, 0.5) is 5.69 Å². The van der Waals surface area contributed by atoms with Crippen molar-refractivity contribution in [3.8, 4) is 6.07 Å². The lowest BCUT2D eigenvalue weighted by molar-refractivity contribution is -0.136. The molecule has 5 amide bonds. The van der Waals surface area contributed by atoms with Gasteiger partial charge in [-0.2, -0.15) is 5.26 Å². The van der Waals surface area contributed by atoms with Gasteiger partial charge in [0.25, 0.3) is 17.7 Å². The first-order valence-electron chi connectivity index (χ1n) is 18.9. The maximum Gasteiger partial charge on any atom is 0.262 e. The monoisotopic (exact) mass is 750 g/mol. The summed E-state index contributed by atoms with van der Waals surface area (Å²) in [6.07, 6.45) is 8.78. The number of piperidine rings is 2. The Hall–Kier alpha value is -4.99. The Labute approximate surface area is 319 Å². The van der Waals surface area contributed by atoms with Gasteiger partial charge in [-0.05, 0) is 104 Å². The van der Waals surface area contributed by atoms with Crippen LogP contribution in [-0.4, -0.2) is 82.0 Å². The van der Waals surface area contributed by atoms with Crippen molar-refractivity contribution in [2.24, 2.45) is 5.92 Å². The summed E-state index contributed by atoms with van der Waals surface area (Å²) in [5.41, 5.74) is 5.00. The predicted molar refractivity (Wildman–Crippen MR) is 199 cm³/mol. The molecule has 2 unspecified atom stereocenters. The van der Waals surface area contributed by atoms with Gasteiger partial charge in [-0.15, -0.1) is 11.6 Å². The normalized spacial score (nSPS) is 27.5. The summed E-state index contributed by atoms with van der Waals surface area (Å²) < 4.78 is 6.28. The third-order valence-corrected chi connectivity index (χ3v) is 12.4. The van der Waals surface area contributed by atoms with E-state index in [0.717, 1.165) is 72.7 Å². The van der Waals surface area contributed by atoms with E-state index in [-0.39, 0.29) is 42.2 Å². The second-order valence-corrected chi connectivity index (χ2v) is 16.0. The Balaban J connectivity index is 0.806. The molecule has 8 rings (SSSR count). The third-order valence-electron chi connectivity index (χ3n) is 12.0. The van der Waals surface area contributed by atoms with Crippen molar-refractivity contribution >= 4 is 46.8 Å². The van der Waals surface area contributed by atoms with Crippen molar-refractivity contribution in [1.29, 1.82) is 5.26 Å². The molecule has 6 aliphatic rings. The van der Waals surface area contributed by atoms with Crippen LogP contribution in [0.5, 0.6) is 0 Å². The van der Waals surface area contributed by atoms with E-state index < -0.39 is 29.7 Å². The molecule has 5 atom stereocenters. The Morgan fingerprint density at radius 3 is 2.24 bits per heavy atom. The zero-order valence-electron chi connectivity index (χ0n) is 30.2. The number of carbonyl (C=O) groups is 5. The van der Waals surface area contributed by atoms with Crippen LogP contribution in [0, 0.1) is 17.2 Å². The number of hydrogen-bond donors (Lipinski definition) is 2. The second kappa shape index (κ2) is 14.7. The Bertz CT molecular complexity index is 1970. The zero-order chi connectivity index (χ0) is 37.7. The maximum atomic E-state index is 13.3. The van der Waals surface area contributed by atoms with Gasteiger partial charge in [0.05, 0.1) is 28.3 Å². The molecular weight excluding hydrogens is 708 g/mol. The number of ether oxygens (including phenoxy) is 1. The van der Waals surface area contributed by atoms with E-state index in [4.69, 9.17) is 21.6 Å². The average Bonchev–Trinajstić information content (AvgIpc) is 3.69. The Kier molecular flexibility index (Phi) is 9.79. The lowest BCUT2D eigenvalue weighted by Crippen LogP contribution is -2.54. The van der Waals surface area contributed by atoms with Gasteiger partial charge in [-0.3, -0.25) is 39.1 Å². The number of amides is 5. The molecule has 0 bridgehead atoms. The number of fused-ring (bicyclic) bond motifs is 2. The Morgan fingerprint density at radius 1 is 0.944 bits per heavy atom. The molecule has 0 radical (unpaired) electrons. The van der Waals surface area contributed by atoms with E-state index in [1.165, 1.54) is 0 Å². The minimum absolute atomic E-state index is 0.0477. The summed E-state index contributed by atoms with van der Waals surface area (Å²) in [4.78, 5) is 69.7. The van der Waals surface area contributed by atoms with Crippen LogP contribution >= 0.6 is 11.6 Å². The number of benzene rings is 2. The van der Waals surface area contributed by atoms with Gasteiger partial charge in [0, 0.05) is 67.9 Å². The van der Waals surface area contributed by atoms with Crippen LogP contribution in [0.25, 0.3) is 0 Å². The lowest BCUT2D eigenvalue weighted by Gasteiger charge is -2.38. The highest BCUT2D eigenvalue weighted by Gasteiger charge is 2.45. The number of hydrogen-bond acceptors (Lipinski definition) is 9. The summed E-state index contributed by atoms with van der Waals surface area (Å²) in [5, 5.41) is 14.3. The van der Waals surface area contributed by atoms with Crippen LogP contribution in [0.3, 0.4) is 0 Å². The SMILES string of the molecule is C[C@H]1C[C@H](NC(=O)c2ccc(N3CCC(N4Cc5cc6c(cc5C4)C(=O)N(C4CCC(=O)NC4=O)C6=O)CC3)cc2)CC[C@H]1OC1=CC=C(C#N)C(Cl)C1. The number of imide groups is 2. The molecule has 2 aromatic carbocycles. The molecule has 3 fully saturated rings. The number of anilines is 1. The van der Waals surface area contributed by atoms with Crippen LogP contribution < -0.4 is 15.5 Å². The molecule has 2 aliphatic carbocycles. The van der Waals surface area contributed by atoms with Crippen molar-refractivity contribution in [3.63, 3.8) is 0 Å². The fourth-order valence-corrected chi connectivity index (χ4v) is 9.21. The van der Waals surface area contributed by atoms with E-state index in [9.17, 15) is 24.0 Å². The van der Waals surface area contributed by atoms with E-state index in [1.54, 1.807) is 6.08 Å². The minimum atomic E-state index is -0.967. The fourth-order valence-electron chi connectivity index (χ4n) is 8.94. The number of nitrogens with one attached hydrogen (secondary N) is 2. The summed E-state index contributed by atoms with van der Waals surface area (Å²) >= 11 is 6.32. The molecule has 0 aromatic heterocycles. The van der Waals surface area contributed by atoms with Crippen LogP contribution in [0.15, 0.2) is 59.9 Å². The molecule has 54 heavy (non-hydrogen) atoms. The van der Waals surface area contributed by atoms with Gasteiger partial charge in [0.2, 0.25) is 11.8 Å². The first-order valence-corrected chi connectivity index (χ1v) is 19.4. The molecule has 4 heterocycles. The first kappa shape index (κ1) is 36.0. The smallest absolute Gasteiger partial charge is 0.262 e. The van der Waals surface area contributed by atoms with Gasteiger partial charge in [-0.25, -0.2) is 0 Å². The van der Waals surface area contributed by atoms with Crippen molar-refractivity contribution in [2.45, 2.75) is 101 Å².